The van der Waals surface area contributed by atoms with Crippen LogP contribution in [0.3, 0.4) is 0 Å². The van der Waals surface area contributed by atoms with Crippen LogP contribution in [0.1, 0.15) is 39.4 Å². The number of alkyl halides is 3. The molecule has 214 valence electrons. The number of carbonyl (C=O) groups excluding carboxylic acids is 1. The highest BCUT2D eigenvalue weighted by atomic mass is 32.1. The number of hydrogen-bond acceptors (Lipinski definition) is 9. The number of nitrogens with zero attached hydrogens (tertiary/aromatic N) is 1. The standard InChI is InChI=1S/C28H23F3N2O7S/c1-16(20-5-3-4-6-21(20)28(29,30)31)40-24-14-25(41-26(24)27(35)38-2)32-22-13-19(11-12-23(22)33(36)37)39-15-17-7-9-18(34)10-8-17/h3-14,16,32,34H,15H2,1-2H3/t16-/m1/s1. The molecule has 4 aromatic rings. The molecule has 0 fully saturated rings. The minimum Gasteiger partial charge on any atom is -0.508 e. The Bertz CT molecular complexity index is 1560. The van der Waals surface area contributed by atoms with Gasteiger partial charge in [0.2, 0.25) is 0 Å². The van der Waals surface area contributed by atoms with Crippen LogP contribution in [0.2, 0.25) is 0 Å². The van der Waals surface area contributed by atoms with Gasteiger partial charge in [-0.1, -0.05) is 30.3 Å². The van der Waals surface area contributed by atoms with Crippen molar-refractivity contribution in [1.82, 2.24) is 0 Å². The molecule has 0 amide bonds. The molecule has 9 nitrogen and oxygen atoms in total. The summed E-state index contributed by atoms with van der Waals surface area (Å²) >= 11 is 0.852. The number of nitro groups is 1. The van der Waals surface area contributed by atoms with Crippen LogP contribution in [0.4, 0.5) is 29.5 Å². The summed E-state index contributed by atoms with van der Waals surface area (Å²) < 4.78 is 57.0. The molecule has 0 saturated heterocycles. The minimum atomic E-state index is -4.62. The minimum absolute atomic E-state index is 0.0397. The second-order valence-corrected chi connectivity index (χ2v) is 9.71. The van der Waals surface area contributed by atoms with Gasteiger partial charge < -0.3 is 24.6 Å². The lowest BCUT2D eigenvalue weighted by Crippen LogP contribution is -2.14. The van der Waals surface area contributed by atoms with Crippen molar-refractivity contribution >= 4 is 33.7 Å². The van der Waals surface area contributed by atoms with Crippen molar-refractivity contribution in [3.63, 3.8) is 0 Å². The van der Waals surface area contributed by atoms with Crippen molar-refractivity contribution in [2.24, 2.45) is 0 Å². The number of phenolic OH excluding ortho intramolecular Hbond substituents is 1. The second kappa shape index (κ2) is 12.2. The quantitative estimate of drug-likeness (QED) is 0.110. The number of nitrogens with one attached hydrogen (secondary N) is 1. The van der Waals surface area contributed by atoms with Gasteiger partial charge in [-0.3, -0.25) is 10.1 Å². The van der Waals surface area contributed by atoms with Crippen LogP contribution in [0.5, 0.6) is 17.2 Å². The van der Waals surface area contributed by atoms with Gasteiger partial charge in [-0.25, -0.2) is 4.79 Å². The lowest BCUT2D eigenvalue weighted by Gasteiger charge is -2.19. The zero-order valence-electron chi connectivity index (χ0n) is 21.6. The van der Waals surface area contributed by atoms with Crippen LogP contribution in [-0.4, -0.2) is 23.1 Å². The molecule has 0 bridgehead atoms. The van der Waals surface area contributed by atoms with E-state index in [1.54, 1.807) is 12.1 Å². The number of rotatable bonds is 10. The van der Waals surface area contributed by atoms with Crippen LogP contribution in [0.15, 0.2) is 72.8 Å². The summed E-state index contributed by atoms with van der Waals surface area (Å²) in [6, 6.07) is 16.7. The zero-order chi connectivity index (χ0) is 29.7. The fourth-order valence-electron chi connectivity index (χ4n) is 3.88. The van der Waals surface area contributed by atoms with Crippen LogP contribution in [0, 0.1) is 10.1 Å². The first kappa shape index (κ1) is 29.2. The molecule has 1 aromatic heterocycles. The molecule has 0 saturated carbocycles. The first-order valence-electron chi connectivity index (χ1n) is 12.0. The van der Waals surface area contributed by atoms with E-state index < -0.39 is 28.7 Å². The van der Waals surface area contributed by atoms with E-state index in [2.05, 4.69) is 5.32 Å². The Morgan fingerprint density at radius 1 is 1.10 bits per heavy atom. The number of halogens is 3. The monoisotopic (exact) mass is 588 g/mol. The SMILES string of the molecule is COC(=O)c1sc(Nc2cc(OCc3ccc(O)cc3)ccc2[N+](=O)[O-])cc1O[C@H](C)c1ccccc1C(F)(F)F. The van der Waals surface area contributed by atoms with Crippen molar-refractivity contribution in [3.05, 3.63) is 104 Å². The molecule has 0 aliphatic heterocycles. The van der Waals surface area contributed by atoms with Crippen LogP contribution < -0.4 is 14.8 Å². The molecule has 3 aromatic carbocycles. The van der Waals surface area contributed by atoms with Crippen LogP contribution >= 0.6 is 11.3 Å². The summed E-state index contributed by atoms with van der Waals surface area (Å²) in [4.78, 5) is 23.5. The molecular formula is C28H23F3N2O7S. The van der Waals surface area contributed by atoms with Gasteiger partial charge in [0.25, 0.3) is 5.69 Å². The van der Waals surface area contributed by atoms with Gasteiger partial charge in [-0.15, -0.1) is 11.3 Å². The maximum absolute atomic E-state index is 13.5. The van der Waals surface area contributed by atoms with E-state index in [-0.39, 0.29) is 44.9 Å². The van der Waals surface area contributed by atoms with E-state index in [9.17, 15) is 33.2 Å². The Morgan fingerprint density at radius 3 is 2.46 bits per heavy atom. The summed E-state index contributed by atoms with van der Waals surface area (Å²) in [6.45, 7) is 1.54. The number of anilines is 2. The Labute approximate surface area is 235 Å². The Balaban J connectivity index is 1.62. The molecule has 0 unspecified atom stereocenters. The van der Waals surface area contributed by atoms with Gasteiger partial charge in [0, 0.05) is 23.8 Å². The van der Waals surface area contributed by atoms with Crippen molar-refractivity contribution < 1.29 is 42.2 Å². The maximum Gasteiger partial charge on any atom is 0.416 e. The molecule has 0 aliphatic rings. The molecule has 1 atom stereocenters. The van der Waals surface area contributed by atoms with Crippen molar-refractivity contribution in [2.45, 2.75) is 25.8 Å². The van der Waals surface area contributed by atoms with Crippen molar-refractivity contribution in [3.8, 4) is 17.2 Å². The largest absolute Gasteiger partial charge is 0.508 e. The van der Waals surface area contributed by atoms with E-state index in [1.807, 2.05) is 0 Å². The predicted octanol–water partition coefficient (Wildman–Crippen LogP) is 7.63. The lowest BCUT2D eigenvalue weighted by atomic mass is 10.0. The lowest BCUT2D eigenvalue weighted by molar-refractivity contribution is -0.383. The number of methoxy groups -OCH3 is 1. The molecule has 4 rings (SSSR count). The third kappa shape index (κ3) is 7.06. The topological polar surface area (TPSA) is 120 Å². The van der Waals surface area contributed by atoms with Gasteiger partial charge in [-0.05, 0) is 36.8 Å². The number of ether oxygens (including phenoxy) is 3. The van der Waals surface area contributed by atoms with E-state index in [1.165, 1.54) is 61.5 Å². The van der Waals surface area contributed by atoms with Gasteiger partial charge in [0.15, 0.2) is 4.88 Å². The second-order valence-electron chi connectivity index (χ2n) is 8.66. The smallest absolute Gasteiger partial charge is 0.416 e. The highest BCUT2D eigenvalue weighted by Crippen LogP contribution is 2.42. The molecule has 0 spiro atoms. The van der Waals surface area contributed by atoms with Gasteiger partial charge in [-0.2, -0.15) is 13.2 Å². The zero-order valence-corrected chi connectivity index (χ0v) is 22.4. The molecule has 41 heavy (non-hydrogen) atoms. The van der Waals surface area contributed by atoms with Crippen molar-refractivity contribution in [2.75, 3.05) is 12.4 Å². The number of hydrogen-bond donors (Lipinski definition) is 2. The average Bonchev–Trinajstić information content (AvgIpc) is 3.33. The van der Waals surface area contributed by atoms with Crippen molar-refractivity contribution in [1.29, 1.82) is 0 Å². The van der Waals surface area contributed by atoms with Crippen LogP contribution in [0.25, 0.3) is 0 Å². The van der Waals surface area contributed by atoms with Gasteiger partial charge in [0.1, 0.15) is 35.6 Å². The highest BCUT2D eigenvalue weighted by molar-refractivity contribution is 7.18. The summed E-state index contributed by atoms with van der Waals surface area (Å²) in [5, 5.41) is 24.2. The number of aromatic hydroxyl groups is 1. The molecular weight excluding hydrogens is 565 g/mol. The van der Waals surface area contributed by atoms with E-state index in [0.29, 0.717) is 5.75 Å². The molecule has 0 radical (unpaired) electrons. The maximum atomic E-state index is 13.5. The Kier molecular flexibility index (Phi) is 8.67. The highest BCUT2D eigenvalue weighted by Gasteiger charge is 2.35. The third-order valence-corrected chi connectivity index (χ3v) is 6.85. The number of thiophene rings is 1. The molecule has 2 N–H and O–H groups in total. The normalized spacial score (nSPS) is 11.9. The Morgan fingerprint density at radius 2 is 1.80 bits per heavy atom. The predicted molar refractivity (Wildman–Crippen MR) is 145 cm³/mol. The van der Waals surface area contributed by atoms with Gasteiger partial charge in [0.05, 0.1) is 22.6 Å². The van der Waals surface area contributed by atoms with E-state index >= 15 is 0 Å². The summed E-state index contributed by atoms with van der Waals surface area (Å²) in [6.07, 6.45) is -5.72. The third-order valence-electron chi connectivity index (χ3n) is 5.84. The number of benzene rings is 3. The first-order valence-corrected chi connectivity index (χ1v) is 12.8. The number of esters is 1. The summed E-state index contributed by atoms with van der Waals surface area (Å²) in [5.41, 5.74) is -0.506. The number of nitro benzene ring substituents is 1. The summed E-state index contributed by atoms with van der Waals surface area (Å²) in [7, 11) is 1.14. The molecule has 0 aliphatic carbocycles. The molecule has 1 heterocycles. The molecule has 13 heteroatoms. The number of carbonyl (C=O) groups is 1. The fourth-order valence-corrected chi connectivity index (χ4v) is 4.80. The van der Waals surface area contributed by atoms with E-state index in [0.717, 1.165) is 30.1 Å². The first-order chi connectivity index (χ1) is 19.5. The summed E-state index contributed by atoms with van der Waals surface area (Å²) in [5.74, 6) is -0.462. The van der Waals surface area contributed by atoms with Gasteiger partial charge >= 0.3 is 12.1 Å². The Hall–Kier alpha value is -4.78. The van der Waals surface area contributed by atoms with Crippen LogP contribution in [-0.2, 0) is 17.5 Å². The number of phenols is 1. The van der Waals surface area contributed by atoms with E-state index in [4.69, 9.17) is 14.2 Å². The fraction of sp³-hybridized carbons (Fsp3) is 0.179. The average molecular weight is 589 g/mol.